The van der Waals surface area contributed by atoms with E-state index in [-0.39, 0.29) is 12.1 Å². The maximum atomic E-state index is 11.6. The molecule has 0 aliphatic carbocycles. The molecule has 0 unspecified atom stereocenters. The summed E-state index contributed by atoms with van der Waals surface area (Å²) in [5, 5.41) is 5.69. The molecular weight excluding hydrogens is 252 g/mol. The van der Waals surface area contributed by atoms with Crippen LogP contribution in [0.1, 0.15) is 31.4 Å². The fourth-order valence-corrected chi connectivity index (χ4v) is 1.86. The zero-order valence-electron chi connectivity index (χ0n) is 12.7. The Hall–Kier alpha value is -1.55. The number of hydrogen-bond donors (Lipinski definition) is 2. The van der Waals surface area contributed by atoms with Gasteiger partial charge in [-0.2, -0.15) is 0 Å². The van der Waals surface area contributed by atoms with Gasteiger partial charge < -0.3 is 15.4 Å². The lowest BCUT2D eigenvalue weighted by atomic mass is 10.1. The van der Waals surface area contributed by atoms with Crippen LogP contribution in [0.4, 0.5) is 4.79 Å². The summed E-state index contributed by atoms with van der Waals surface area (Å²) in [6, 6.07) is 8.13. The molecule has 0 atom stereocenters. The molecule has 0 bridgehead atoms. The number of ether oxygens (including phenoxy) is 1. The van der Waals surface area contributed by atoms with Crippen LogP contribution in [0, 0.1) is 6.92 Å². The molecule has 0 spiro atoms. The van der Waals surface area contributed by atoms with E-state index in [4.69, 9.17) is 4.74 Å². The molecule has 0 aliphatic heterocycles. The van der Waals surface area contributed by atoms with Crippen LogP contribution < -0.4 is 10.6 Å². The molecule has 1 aromatic rings. The summed E-state index contributed by atoms with van der Waals surface area (Å²) in [6.45, 7) is 8.07. The van der Waals surface area contributed by atoms with E-state index in [0.29, 0.717) is 19.7 Å². The van der Waals surface area contributed by atoms with Gasteiger partial charge in [-0.3, -0.25) is 0 Å². The number of aryl methyl sites for hydroxylation is 1. The second kappa shape index (κ2) is 9.37. The highest BCUT2D eigenvalue weighted by molar-refractivity contribution is 5.73. The smallest absolute Gasteiger partial charge is 0.314 e. The van der Waals surface area contributed by atoms with Crippen molar-refractivity contribution in [3.8, 4) is 0 Å². The van der Waals surface area contributed by atoms with Gasteiger partial charge >= 0.3 is 6.03 Å². The molecule has 0 saturated heterocycles. The van der Waals surface area contributed by atoms with Crippen molar-refractivity contribution in [2.24, 2.45) is 0 Å². The molecule has 2 N–H and O–H groups in total. The number of nitrogens with one attached hydrogen (secondary N) is 2. The molecule has 0 saturated carbocycles. The highest BCUT2D eigenvalue weighted by Crippen LogP contribution is 2.06. The van der Waals surface area contributed by atoms with Crippen LogP contribution in [0.5, 0.6) is 0 Å². The van der Waals surface area contributed by atoms with Crippen LogP contribution in [0.15, 0.2) is 24.3 Å². The summed E-state index contributed by atoms with van der Waals surface area (Å²) in [6.07, 6.45) is 1.94. The lowest BCUT2D eigenvalue weighted by Crippen LogP contribution is -2.37. The van der Waals surface area contributed by atoms with Gasteiger partial charge in [-0.15, -0.1) is 0 Å². The Morgan fingerprint density at radius 3 is 2.60 bits per heavy atom. The third-order valence-electron chi connectivity index (χ3n) is 3.00. The summed E-state index contributed by atoms with van der Waals surface area (Å²) < 4.78 is 5.40. The van der Waals surface area contributed by atoms with E-state index in [2.05, 4.69) is 29.7 Å². The number of urea groups is 1. The highest BCUT2D eigenvalue weighted by Gasteiger charge is 2.01. The van der Waals surface area contributed by atoms with Gasteiger partial charge in [-0.05, 0) is 44.7 Å². The Morgan fingerprint density at radius 1 is 1.20 bits per heavy atom. The van der Waals surface area contributed by atoms with Gasteiger partial charge in [0.15, 0.2) is 0 Å². The molecular formula is C16H26N2O2. The quantitative estimate of drug-likeness (QED) is 0.718. The van der Waals surface area contributed by atoms with E-state index < -0.39 is 0 Å². The largest absolute Gasteiger partial charge is 0.379 e. The minimum atomic E-state index is -0.108. The molecule has 0 fully saturated rings. The van der Waals surface area contributed by atoms with Crippen molar-refractivity contribution in [2.75, 3.05) is 19.7 Å². The number of carbonyl (C=O) groups is 1. The molecule has 1 aromatic carbocycles. The van der Waals surface area contributed by atoms with E-state index in [1.54, 1.807) is 0 Å². The van der Waals surface area contributed by atoms with E-state index in [0.717, 1.165) is 12.8 Å². The van der Waals surface area contributed by atoms with Gasteiger partial charge in [0.05, 0.1) is 6.10 Å². The molecule has 2 amide bonds. The van der Waals surface area contributed by atoms with Gasteiger partial charge in [-0.1, -0.05) is 24.3 Å². The number of rotatable bonds is 8. The maximum Gasteiger partial charge on any atom is 0.314 e. The van der Waals surface area contributed by atoms with Gasteiger partial charge in [0.1, 0.15) is 0 Å². The van der Waals surface area contributed by atoms with Crippen molar-refractivity contribution in [1.29, 1.82) is 0 Å². The van der Waals surface area contributed by atoms with Gasteiger partial charge in [-0.25, -0.2) is 4.79 Å². The van der Waals surface area contributed by atoms with Crippen LogP contribution in [-0.4, -0.2) is 31.8 Å². The summed E-state index contributed by atoms with van der Waals surface area (Å²) in [5.74, 6) is 0. The number of carbonyl (C=O) groups excluding carboxylic acids is 1. The van der Waals surface area contributed by atoms with Gasteiger partial charge in [0, 0.05) is 19.7 Å². The summed E-state index contributed by atoms with van der Waals surface area (Å²) in [4.78, 5) is 11.6. The summed E-state index contributed by atoms with van der Waals surface area (Å²) in [7, 11) is 0. The van der Waals surface area contributed by atoms with E-state index >= 15 is 0 Å². The SMILES string of the molecule is Cc1ccccc1CCNC(=O)NCCCOC(C)C. The predicted molar refractivity (Wildman–Crippen MR) is 82.0 cm³/mol. The predicted octanol–water partition coefficient (Wildman–Crippen LogP) is 2.65. The standard InChI is InChI=1S/C16H26N2O2/c1-13(2)20-12-6-10-17-16(19)18-11-9-15-8-5-4-7-14(15)3/h4-5,7-8,13H,6,9-12H2,1-3H3,(H2,17,18,19). The Kier molecular flexibility index (Phi) is 7.73. The molecule has 0 radical (unpaired) electrons. The van der Waals surface area contributed by atoms with Crippen molar-refractivity contribution in [3.63, 3.8) is 0 Å². The fourth-order valence-electron chi connectivity index (χ4n) is 1.86. The maximum absolute atomic E-state index is 11.6. The first-order valence-corrected chi connectivity index (χ1v) is 7.27. The number of amides is 2. The average molecular weight is 278 g/mol. The third kappa shape index (κ3) is 7.14. The lowest BCUT2D eigenvalue weighted by molar-refractivity contribution is 0.0774. The number of benzene rings is 1. The monoisotopic (exact) mass is 278 g/mol. The molecule has 20 heavy (non-hydrogen) atoms. The second-order valence-electron chi connectivity index (χ2n) is 5.13. The van der Waals surface area contributed by atoms with Crippen molar-refractivity contribution >= 4 is 6.03 Å². The molecule has 0 heterocycles. The van der Waals surface area contributed by atoms with E-state index in [1.807, 2.05) is 26.0 Å². The van der Waals surface area contributed by atoms with E-state index in [9.17, 15) is 4.79 Å². The Balaban J connectivity index is 2.07. The first-order valence-electron chi connectivity index (χ1n) is 7.27. The molecule has 112 valence electrons. The Labute approximate surface area is 121 Å². The van der Waals surface area contributed by atoms with Crippen LogP contribution in [-0.2, 0) is 11.2 Å². The van der Waals surface area contributed by atoms with Crippen molar-refractivity contribution < 1.29 is 9.53 Å². The van der Waals surface area contributed by atoms with Crippen molar-refractivity contribution in [1.82, 2.24) is 10.6 Å². The molecule has 4 heteroatoms. The van der Waals surface area contributed by atoms with Crippen LogP contribution in [0.2, 0.25) is 0 Å². The second-order valence-corrected chi connectivity index (χ2v) is 5.13. The van der Waals surface area contributed by atoms with Crippen molar-refractivity contribution in [2.45, 2.75) is 39.7 Å². The molecule has 4 nitrogen and oxygen atoms in total. The molecule has 1 rings (SSSR count). The van der Waals surface area contributed by atoms with Crippen LogP contribution in [0.3, 0.4) is 0 Å². The minimum absolute atomic E-state index is 0.108. The van der Waals surface area contributed by atoms with Gasteiger partial charge in [0.2, 0.25) is 0 Å². The number of hydrogen-bond acceptors (Lipinski definition) is 2. The first kappa shape index (κ1) is 16.5. The fraction of sp³-hybridized carbons (Fsp3) is 0.562. The average Bonchev–Trinajstić information content (AvgIpc) is 2.40. The molecule has 0 aromatic heterocycles. The minimum Gasteiger partial charge on any atom is -0.379 e. The topological polar surface area (TPSA) is 50.4 Å². The third-order valence-corrected chi connectivity index (χ3v) is 3.00. The van der Waals surface area contributed by atoms with Gasteiger partial charge in [0.25, 0.3) is 0 Å². The normalized spacial score (nSPS) is 10.6. The van der Waals surface area contributed by atoms with Crippen molar-refractivity contribution in [3.05, 3.63) is 35.4 Å². The zero-order chi connectivity index (χ0) is 14.8. The Morgan fingerprint density at radius 2 is 1.90 bits per heavy atom. The first-order chi connectivity index (χ1) is 9.59. The highest BCUT2D eigenvalue weighted by atomic mass is 16.5. The lowest BCUT2D eigenvalue weighted by Gasteiger charge is -2.10. The van der Waals surface area contributed by atoms with Crippen LogP contribution >= 0.6 is 0 Å². The van der Waals surface area contributed by atoms with Crippen LogP contribution in [0.25, 0.3) is 0 Å². The summed E-state index contributed by atoms with van der Waals surface area (Å²) in [5.41, 5.74) is 2.54. The molecule has 0 aliphatic rings. The Bertz CT molecular complexity index is 405. The zero-order valence-corrected chi connectivity index (χ0v) is 12.7. The van der Waals surface area contributed by atoms with E-state index in [1.165, 1.54) is 11.1 Å². The summed E-state index contributed by atoms with van der Waals surface area (Å²) >= 11 is 0.